The normalized spacial score (nSPS) is 11.1. The molecule has 0 radical (unpaired) electrons. The summed E-state index contributed by atoms with van der Waals surface area (Å²) in [5.41, 5.74) is 3.20. The summed E-state index contributed by atoms with van der Waals surface area (Å²) in [5.74, 6) is 0.224. The van der Waals surface area contributed by atoms with Crippen molar-refractivity contribution in [2.45, 2.75) is 6.92 Å². The average molecular weight is 386 g/mol. The number of furan rings is 1. The van der Waals surface area contributed by atoms with Crippen molar-refractivity contribution in [3.05, 3.63) is 72.6 Å². The van der Waals surface area contributed by atoms with Crippen LogP contribution in [0.15, 0.2) is 70.3 Å². The van der Waals surface area contributed by atoms with Gasteiger partial charge in [0.15, 0.2) is 5.76 Å². The quantitative estimate of drug-likeness (QED) is 0.502. The maximum atomic E-state index is 13.1. The standard InChI is InChI=1S/C20H14N6O3/c1-12-18-15(9-16(17-6-3-7-28-17)24-20(18)29-25-12)19(27)23-13-4-2-5-14(8-13)26-10-21-22-11-26/h2-11H,1H3,(H,23,27). The lowest BCUT2D eigenvalue weighted by molar-refractivity contribution is 0.102. The van der Waals surface area contributed by atoms with Crippen molar-refractivity contribution in [1.29, 1.82) is 0 Å². The lowest BCUT2D eigenvalue weighted by Crippen LogP contribution is -2.13. The minimum Gasteiger partial charge on any atom is -0.463 e. The molecule has 9 heteroatoms. The van der Waals surface area contributed by atoms with Crippen LogP contribution >= 0.6 is 0 Å². The van der Waals surface area contributed by atoms with E-state index in [1.54, 1.807) is 54.7 Å². The van der Waals surface area contributed by atoms with Gasteiger partial charge in [0.05, 0.1) is 28.6 Å². The van der Waals surface area contributed by atoms with E-state index < -0.39 is 0 Å². The van der Waals surface area contributed by atoms with E-state index in [0.717, 1.165) is 5.69 Å². The second-order valence-electron chi connectivity index (χ2n) is 6.35. The van der Waals surface area contributed by atoms with E-state index in [9.17, 15) is 4.79 Å². The lowest BCUT2D eigenvalue weighted by Gasteiger charge is -2.09. The summed E-state index contributed by atoms with van der Waals surface area (Å²) in [5, 5.41) is 15.0. The van der Waals surface area contributed by atoms with Crippen molar-refractivity contribution in [1.82, 2.24) is 24.9 Å². The number of rotatable bonds is 4. The Morgan fingerprint density at radius 3 is 2.76 bits per heavy atom. The van der Waals surface area contributed by atoms with E-state index >= 15 is 0 Å². The first kappa shape index (κ1) is 16.9. The first-order valence-corrected chi connectivity index (χ1v) is 8.76. The van der Waals surface area contributed by atoms with Gasteiger partial charge in [-0.25, -0.2) is 4.98 Å². The molecule has 0 aliphatic rings. The van der Waals surface area contributed by atoms with Crippen molar-refractivity contribution in [3.63, 3.8) is 0 Å². The number of nitrogens with zero attached hydrogens (tertiary/aromatic N) is 5. The van der Waals surface area contributed by atoms with Crippen LogP contribution in [0, 0.1) is 6.92 Å². The largest absolute Gasteiger partial charge is 0.463 e. The minimum atomic E-state index is -0.308. The van der Waals surface area contributed by atoms with Crippen LogP contribution in [0.4, 0.5) is 5.69 Å². The molecule has 0 fully saturated rings. The highest BCUT2D eigenvalue weighted by atomic mass is 16.5. The Bertz CT molecular complexity index is 1310. The van der Waals surface area contributed by atoms with Gasteiger partial charge in [-0.2, -0.15) is 0 Å². The highest BCUT2D eigenvalue weighted by molar-refractivity contribution is 6.13. The van der Waals surface area contributed by atoms with Crippen LogP contribution < -0.4 is 5.32 Å². The Morgan fingerprint density at radius 2 is 1.97 bits per heavy atom. The number of benzene rings is 1. The zero-order valence-corrected chi connectivity index (χ0v) is 15.2. The van der Waals surface area contributed by atoms with Gasteiger partial charge in [0.25, 0.3) is 11.6 Å². The highest BCUT2D eigenvalue weighted by Gasteiger charge is 2.20. The van der Waals surface area contributed by atoms with Gasteiger partial charge in [0.2, 0.25) is 0 Å². The zero-order chi connectivity index (χ0) is 19.8. The van der Waals surface area contributed by atoms with Gasteiger partial charge in [0.1, 0.15) is 18.3 Å². The monoisotopic (exact) mass is 386 g/mol. The smallest absolute Gasteiger partial charge is 0.259 e. The molecule has 1 amide bonds. The predicted octanol–water partition coefficient (Wildman–Crippen LogP) is 3.62. The molecule has 0 saturated carbocycles. The van der Waals surface area contributed by atoms with Crippen LogP contribution in [0.5, 0.6) is 0 Å². The molecule has 0 saturated heterocycles. The number of carbonyl (C=O) groups excluding carboxylic acids is 1. The predicted molar refractivity (Wildman–Crippen MR) is 104 cm³/mol. The fraction of sp³-hybridized carbons (Fsp3) is 0.0500. The molecule has 1 aromatic carbocycles. The summed E-state index contributed by atoms with van der Waals surface area (Å²) >= 11 is 0. The number of hydrogen-bond acceptors (Lipinski definition) is 7. The number of fused-ring (bicyclic) bond motifs is 1. The third-order valence-corrected chi connectivity index (χ3v) is 4.46. The summed E-state index contributed by atoms with van der Waals surface area (Å²) in [4.78, 5) is 17.5. The van der Waals surface area contributed by atoms with Crippen molar-refractivity contribution in [2.75, 3.05) is 5.32 Å². The maximum absolute atomic E-state index is 13.1. The Kier molecular flexibility index (Phi) is 3.91. The molecule has 0 bridgehead atoms. The van der Waals surface area contributed by atoms with Crippen molar-refractivity contribution >= 4 is 22.7 Å². The van der Waals surface area contributed by atoms with Gasteiger partial charge in [-0.15, -0.1) is 10.2 Å². The molecular weight excluding hydrogens is 372 g/mol. The van der Waals surface area contributed by atoms with E-state index in [0.29, 0.717) is 33.8 Å². The fourth-order valence-electron chi connectivity index (χ4n) is 3.10. The number of aryl methyl sites for hydroxylation is 1. The number of hydrogen-bond donors (Lipinski definition) is 1. The number of anilines is 1. The van der Waals surface area contributed by atoms with Gasteiger partial charge in [-0.1, -0.05) is 11.2 Å². The van der Waals surface area contributed by atoms with Gasteiger partial charge >= 0.3 is 0 Å². The Balaban J connectivity index is 1.54. The van der Waals surface area contributed by atoms with E-state index in [1.807, 2.05) is 18.2 Å². The molecule has 0 aliphatic carbocycles. The van der Waals surface area contributed by atoms with Gasteiger partial charge in [0, 0.05) is 5.69 Å². The summed E-state index contributed by atoms with van der Waals surface area (Å²) in [6, 6.07) is 12.6. The number of amides is 1. The second-order valence-corrected chi connectivity index (χ2v) is 6.35. The molecule has 0 spiro atoms. The highest BCUT2D eigenvalue weighted by Crippen LogP contribution is 2.28. The Hall–Kier alpha value is -4.27. The summed E-state index contributed by atoms with van der Waals surface area (Å²) in [7, 11) is 0. The molecule has 0 aliphatic heterocycles. The first-order chi connectivity index (χ1) is 14.2. The van der Waals surface area contributed by atoms with Crippen LogP contribution in [-0.4, -0.2) is 30.8 Å². The molecule has 0 atom stereocenters. The van der Waals surface area contributed by atoms with Crippen molar-refractivity contribution in [3.8, 4) is 17.1 Å². The van der Waals surface area contributed by atoms with E-state index in [-0.39, 0.29) is 11.6 Å². The number of aromatic nitrogens is 5. The van der Waals surface area contributed by atoms with Crippen LogP contribution in [0.25, 0.3) is 28.2 Å². The van der Waals surface area contributed by atoms with Crippen molar-refractivity contribution < 1.29 is 13.7 Å². The van der Waals surface area contributed by atoms with E-state index in [4.69, 9.17) is 8.94 Å². The topological polar surface area (TPSA) is 112 Å². The molecule has 29 heavy (non-hydrogen) atoms. The molecule has 5 rings (SSSR count). The number of nitrogens with one attached hydrogen (secondary N) is 1. The Morgan fingerprint density at radius 1 is 1.10 bits per heavy atom. The van der Waals surface area contributed by atoms with Crippen molar-refractivity contribution in [2.24, 2.45) is 0 Å². The molecule has 0 unspecified atom stereocenters. The third-order valence-electron chi connectivity index (χ3n) is 4.46. The van der Waals surface area contributed by atoms with Gasteiger partial charge in [-0.3, -0.25) is 9.36 Å². The van der Waals surface area contributed by atoms with Crippen LogP contribution in [-0.2, 0) is 0 Å². The first-order valence-electron chi connectivity index (χ1n) is 8.76. The number of pyridine rings is 1. The second kappa shape index (κ2) is 6.71. The molecule has 142 valence electrons. The van der Waals surface area contributed by atoms with Gasteiger partial charge < -0.3 is 14.3 Å². The fourth-order valence-corrected chi connectivity index (χ4v) is 3.10. The lowest BCUT2D eigenvalue weighted by atomic mass is 10.1. The van der Waals surface area contributed by atoms with Crippen LogP contribution in [0.2, 0.25) is 0 Å². The molecule has 5 aromatic rings. The minimum absolute atomic E-state index is 0.278. The SMILES string of the molecule is Cc1noc2nc(-c3ccco3)cc(C(=O)Nc3cccc(-n4cnnc4)c3)c12. The summed E-state index contributed by atoms with van der Waals surface area (Å²) in [6.07, 6.45) is 4.72. The number of carbonyl (C=O) groups is 1. The Labute approximate surface area is 164 Å². The van der Waals surface area contributed by atoms with E-state index in [2.05, 4.69) is 25.7 Å². The van der Waals surface area contributed by atoms with Crippen LogP contribution in [0.1, 0.15) is 16.1 Å². The maximum Gasteiger partial charge on any atom is 0.259 e. The zero-order valence-electron chi connectivity index (χ0n) is 15.2. The molecular formula is C20H14N6O3. The third kappa shape index (κ3) is 3.04. The van der Waals surface area contributed by atoms with Gasteiger partial charge in [-0.05, 0) is 43.3 Å². The molecule has 9 nitrogen and oxygen atoms in total. The molecule has 4 aromatic heterocycles. The molecule has 4 heterocycles. The van der Waals surface area contributed by atoms with E-state index in [1.165, 1.54) is 0 Å². The summed E-state index contributed by atoms with van der Waals surface area (Å²) < 4.78 is 12.5. The average Bonchev–Trinajstić information content (AvgIpc) is 3.50. The summed E-state index contributed by atoms with van der Waals surface area (Å²) in [6.45, 7) is 1.77. The van der Waals surface area contributed by atoms with Crippen LogP contribution in [0.3, 0.4) is 0 Å². The molecule has 1 N–H and O–H groups in total.